The van der Waals surface area contributed by atoms with Crippen LogP contribution in [-0.2, 0) is 11.3 Å². The molecule has 0 saturated carbocycles. The summed E-state index contributed by atoms with van der Waals surface area (Å²) in [6, 6.07) is 8.61. The second-order valence-corrected chi connectivity index (χ2v) is 5.24. The molecule has 25 heavy (non-hydrogen) atoms. The van der Waals surface area contributed by atoms with E-state index >= 15 is 0 Å². The molecular weight excluding hydrogens is 331 g/mol. The molecule has 8 heteroatoms. The number of carbonyl (C=O) groups excluding carboxylic acids is 1. The van der Waals surface area contributed by atoms with Crippen molar-refractivity contribution in [1.29, 1.82) is 0 Å². The van der Waals surface area contributed by atoms with Crippen LogP contribution in [0.3, 0.4) is 0 Å². The number of nitrogens with zero attached hydrogens (tertiary/aromatic N) is 1. The van der Waals surface area contributed by atoms with Gasteiger partial charge in [-0.25, -0.2) is 4.39 Å². The van der Waals surface area contributed by atoms with Crippen molar-refractivity contribution in [2.24, 2.45) is 0 Å². The molecule has 7 nitrogen and oxygen atoms in total. The van der Waals surface area contributed by atoms with Crippen LogP contribution in [-0.4, -0.2) is 24.5 Å². The fraction of sp³-hybridized carbons (Fsp3) is 0.235. The number of carbonyl (C=O) groups is 1. The van der Waals surface area contributed by atoms with Crippen LogP contribution in [0.5, 0.6) is 11.5 Å². The maximum absolute atomic E-state index is 13.2. The molecule has 2 aromatic rings. The quantitative estimate of drug-likeness (QED) is 0.614. The molecule has 132 valence electrons. The van der Waals surface area contributed by atoms with Gasteiger partial charge in [0.25, 0.3) is 5.91 Å². The van der Waals surface area contributed by atoms with Gasteiger partial charge in [0.2, 0.25) is 0 Å². The predicted octanol–water partition coefficient (Wildman–Crippen LogP) is 2.75. The van der Waals surface area contributed by atoms with Crippen molar-refractivity contribution in [2.75, 3.05) is 13.7 Å². The summed E-state index contributed by atoms with van der Waals surface area (Å²) in [5.41, 5.74) is 0.931. The summed E-state index contributed by atoms with van der Waals surface area (Å²) in [4.78, 5) is 22.3. The van der Waals surface area contributed by atoms with E-state index in [4.69, 9.17) is 9.47 Å². The van der Waals surface area contributed by atoms with Gasteiger partial charge in [0, 0.05) is 6.54 Å². The number of halogens is 1. The monoisotopic (exact) mass is 348 g/mol. The largest absolute Gasteiger partial charge is 0.496 e. The van der Waals surface area contributed by atoms with Crippen LogP contribution in [0.15, 0.2) is 36.4 Å². The van der Waals surface area contributed by atoms with Gasteiger partial charge >= 0.3 is 5.69 Å². The summed E-state index contributed by atoms with van der Waals surface area (Å²) >= 11 is 0. The first-order chi connectivity index (χ1) is 11.9. The van der Waals surface area contributed by atoms with Crippen LogP contribution < -0.4 is 14.8 Å². The Bertz CT molecular complexity index is 795. The van der Waals surface area contributed by atoms with Gasteiger partial charge in [0.1, 0.15) is 11.6 Å². The van der Waals surface area contributed by atoms with E-state index in [0.29, 0.717) is 11.3 Å². The van der Waals surface area contributed by atoms with Gasteiger partial charge < -0.3 is 14.8 Å². The Morgan fingerprint density at radius 3 is 2.68 bits per heavy atom. The number of rotatable bonds is 7. The average Bonchev–Trinajstić information content (AvgIpc) is 2.60. The maximum Gasteiger partial charge on any atom is 0.314 e. The molecule has 0 radical (unpaired) electrons. The first kappa shape index (κ1) is 18.2. The number of nitrogens with one attached hydrogen (secondary N) is 1. The van der Waals surface area contributed by atoms with E-state index in [9.17, 15) is 19.3 Å². The Balaban J connectivity index is 1.93. The van der Waals surface area contributed by atoms with Crippen LogP contribution in [0.25, 0.3) is 0 Å². The van der Waals surface area contributed by atoms with Crippen molar-refractivity contribution in [3.8, 4) is 11.5 Å². The second-order valence-electron chi connectivity index (χ2n) is 5.24. The molecule has 0 aliphatic carbocycles. The summed E-state index contributed by atoms with van der Waals surface area (Å²) in [7, 11) is 1.39. The third-order valence-corrected chi connectivity index (χ3v) is 3.43. The number of hydrogen-bond donors (Lipinski definition) is 1. The SMILES string of the molecule is COc1ccc(OCC(=O)NCc2ccc(F)c(C)c2)c([N+](=O)[O-])c1. The number of benzene rings is 2. The molecule has 0 aromatic heterocycles. The lowest BCUT2D eigenvalue weighted by atomic mass is 10.1. The molecular formula is C17H17FN2O5. The van der Waals surface area contributed by atoms with Gasteiger partial charge in [0.05, 0.1) is 18.1 Å². The Morgan fingerprint density at radius 2 is 2.04 bits per heavy atom. The standard InChI is InChI=1S/C17H17FN2O5/c1-11-7-12(3-5-14(11)18)9-19-17(21)10-25-16-6-4-13(24-2)8-15(16)20(22)23/h3-8H,9-10H2,1-2H3,(H,19,21). The summed E-state index contributed by atoms with van der Waals surface area (Å²) in [6.07, 6.45) is 0. The van der Waals surface area contributed by atoms with E-state index in [1.807, 2.05) is 0 Å². The van der Waals surface area contributed by atoms with Gasteiger partial charge in [-0.2, -0.15) is 0 Å². The Morgan fingerprint density at radius 1 is 1.28 bits per heavy atom. The molecule has 2 rings (SSSR count). The molecule has 1 N–H and O–H groups in total. The molecule has 0 aliphatic rings. The summed E-state index contributed by atoms with van der Waals surface area (Å²) < 4.78 is 23.3. The number of amides is 1. The van der Waals surface area contributed by atoms with Crippen LogP contribution in [0.4, 0.5) is 10.1 Å². The number of aryl methyl sites for hydroxylation is 1. The second kappa shape index (κ2) is 8.09. The molecule has 0 aliphatic heterocycles. The van der Waals surface area contributed by atoms with Crippen LogP contribution in [0.1, 0.15) is 11.1 Å². The van der Waals surface area contributed by atoms with Gasteiger partial charge in [0.15, 0.2) is 12.4 Å². The number of ether oxygens (including phenoxy) is 2. The zero-order valence-electron chi connectivity index (χ0n) is 13.7. The van der Waals surface area contributed by atoms with Crippen molar-refractivity contribution in [1.82, 2.24) is 5.32 Å². The van der Waals surface area contributed by atoms with Crippen LogP contribution in [0.2, 0.25) is 0 Å². The average molecular weight is 348 g/mol. The smallest absolute Gasteiger partial charge is 0.314 e. The number of methoxy groups -OCH3 is 1. The fourth-order valence-electron chi connectivity index (χ4n) is 2.10. The molecule has 2 aromatic carbocycles. The Kier molecular flexibility index (Phi) is 5.89. The third-order valence-electron chi connectivity index (χ3n) is 3.43. The van der Waals surface area contributed by atoms with Gasteiger partial charge in [-0.05, 0) is 36.2 Å². The van der Waals surface area contributed by atoms with Crippen molar-refractivity contribution < 1.29 is 23.6 Å². The molecule has 0 heterocycles. The normalized spacial score (nSPS) is 10.2. The molecule has 0 spiro atoms. The van der Waals surface area contributed by atoms with E-state index in [1.54, 1.807) is 19.1 Å². The zero-order valence-corrected chi connectivity index (χ0v) is 13.7. The van der Waals surface area contributed by atoms with Crippen molar-refractivity contribution >= 4 is 11.6 Å². The highest BCUT2D eigenvalue weighted by atomic mass is 19.1. The Labute approximate surface area is 143 Å². The van der Waals surface area contributed by atoms with Crippen molar-refractivity contribution in [3.63, 3.8) is 0 Å². The first-order valence-electron chi connectivity index (χ1n) is 7.37. The molecule has 0 bridgehead atoms. The summed E-state index contributed by atoms with van der Waals surface area (Å²) in [6.45, 7) is 1.45. The van der Waals surface area contributed by atoms with E-state index in [0.717, 1.165) is 5.56 Å². The van der Waals surface area contributed by atoms with Crippen molar-refractivity contribution in [3.05, 3.63) is 63.5 Å². The highest BCUT2D eigenvalue weighted by molar-refractivity contribution is 5.77. The highest BCUT2D eigenvalue weighted by Gasteiger charge is 2.17. The topological polar surface area (TPSA) is 90.7 Å². The minimum Gasteiger partial charge on any atom is -0.496 e. The van der Waals surface area contributed by atoms with Gasteiger partial charge in [-0.1, -0.05) is 12.1 Å². The lowest BCUT2D eigenvalue weighted by Crippen LogP contribution is -2.28. The molecule has 0 atom stereocenters. The van der Waals surface area contributed by atoms with Crippen LogP contribution in [0, 0.1) is 22.9 Å². The van der Waals surface area contributed by atoms with Gasteiger partial charge in [-0.3, -0.25) is 14.9 Å². The summed E-state index contributed by atoms with van der Waals surface area (Å²) in [5, 5.41) is 13.6. The fourth-order valence-corrected chi connectivity index (χ4v) is 2.10. The lowest BCUT2D eigenvalue weighted by Gasteiger charge is -2.09. The first-order valence-corrected chi connectivity index (χ1v) is 7.37. The van der Waals surface area contributed by atoms with E-state index in [2.05, 4.69) is 5.32 Å². The van der Waals surface area contributed by atoms with Crippen molar-refractivity contribution in [2.45, 2.75) is 13.5 Å². The minimum absolute atomic E-state index is 0.0291. The number of hydrogen-bond acceptors (Lipinski definition) is 5. The number of nitro groups is 1. The highest BCUT2D eigenvalue weighted by Crippen LogP contribution is 2.30. The lowest BCUT2D eigenvalue weighted by molar-refractivity contribution is -0.385. The summed E-state index contributed by atoms with van der Waals surface area (Å²) in [5.74, 6) is -0.480. The molecule has 1 amide bonds. The zero-order chi connectivity index (χ0) is 18.4. The van der Waals surface area contributed by atoms with Crippen LogP contribution >= 0.6 is 0 Å². The minimum atomic E-state index is -0.614. The molecule has 0 saturated heterocycles. The predicted molar refractivity (Wildman–Crippen MR) is 88.1 cm³/mol. The Hall–Kier alpha value is -3.16. The van der Waals surface area contributed by atoms with E-state index in [1.165, 1.54) is 31.4 Å². The molecule has 0 fully saturated rings. The third kappa shape index (κ3) is 4.90. The maximum atomic E-state index is 13.2. The van der Waals surface area contributed by atoms with Gasteiger partial charge in [-0.15, -0.1) is 0 Å². The van der Waals surface area contributed by atoms with E-state index in [-0.39, 0.29) is 30.4 Å². The van der Waals surface area contributed by atoms with E-state index < -0.39 is 10.8 Å². The molecule has 0 unspecified atom stereocenters. The number of nitro benzene ring substituents is 1.